The highest BCUT2D eigenvalue weighted by molar-refractivity contribution is 7.85. The molecule has 0 saturated heterocycles. The minimum atomic E-state index is -4.12. The van der Waals surface area contributed by atoms with Gasteiger partial charge in [0.15, 0.2) is 0 Å². The van der Waals surface area contributed by atoms with E-state index in [1.54, 1.807) is 0 Å². The summed E-state index contributed by atoms with van der Waals surface area (Å²) in [6.45, 7) is 6.33. The number of nitrogens with one attached hydrogen (secondary N) is 1. The molecule has 6 nitrogen and oxygen atoms in total. The van der Waals surface area contributed by atoms with E-state index in [9.17, 15) is 8.42 Å². The molecule has 0 rings (SSSR count). The molecule has 0 amide bonds. The molecular formula is C7H15N3O3S. The van der Waals surface area contributed by atoms with Crippen LogP contribution in [0.1, 0.15) is 13.8 Å². The van der Waals surface area contributed by atoms with E-state index in [1.807, 2.05) is 0 Å². The normalized spacial score (nSPS) is 12.3. The molecule has 82 valence electrons. The van der Waals surface area contributed by atoms with Crippen LogP contribution in [-0.2, 0) is 10.1 Å². The van der Waals surface area contributed by atoms with Gasteiger partial charge < -0.3 is 0 Å². The van der Waals surface area contributed by atoms with E-state index >= 15 is 0 Å². The van der Waals surface area contributed by atoms with Gasteiger partial charge in [0, 0.05) is 0 Å². The Morgan fingerprint density at radius 3 is 2.43 bits per heavy atom. The highest BCUT2D eigenvalue weighted by atomic mass is 32.2. The second-order valence-corrected chi connectivity index (χ2v) is 4.95. The number of hydrazine groups is 1. The topological polar surface area (TPSA) is 107 Å². The van der Waals surface area contributed by atoms with Gasteiger partial charge in [0.25, 0.3) is 10.1 Å². The quantitative estimate of drug-likeness (QED) is 0.203. The predicted octanol–water partition coefficient (Wildman–Crippen LogP) is -0.00823. The van der Waals surface area contributed by atoms with Crippen molar-refractivity contribution in [3.8, 4) is 0 Å². The Kier molecular flexibility index (Phi) is 3.81. The van der Waals surface area contributed by atoms with E-state index in [4.69, 9.17) is 15.8 Å². The summed E-state index contributed by atoms with van der Waals surface area (Å²) >= 11 is 0. The molecule has 7 heteroatoms. The summed E-state index contributed by atoms with van der Waals surface area (Å²) in [6.07, 6.45) is 1.19. The average molecular weight is 221 g/mol. The van der Waals surface area contributed by atoms with Crippen molar-refractivity contribution >= 4 is 16.0 Å². The number of hydrogen-bond donors (Lipinski definition) is 3. The van der Waals surface area contributed by atoms with Crippen molar-refractivity contribution in [3.63, 3.8) is 0 Å². The molecule has 0 saturated carbocycles. The van der Waals surface area contributed by atoms with Crippen LogP contribution in [0.2, 0.25) is 0 Å². The van der Waals surface area contributed by atoms with Crippen LogP contribution in [0.3, 0.4) is 0 Å². The van der Waals surface area contributed by atoms with E-state index in [0.717, 1.165) is 5.01 Å². The Balaban J connectivity index is 4.78. The van der Waals surface area contributed by atoms with Crippen LogP contribution < -0.4 is 5.84 Å². The Morgan fingerprint density at radius 2 is 2.14 bits per heavy atom. The molecule has 0 aromatic heterocycles. The van der Waals surface area contributed by atoms with E-state index in [-0.39, 0.29) is 5.84 Å². The molecule has 0 unspecified atom stereocenters. The summed E-state index contributed by atoms with van der Waals surface area (Å²) in [5.74, 6) is 4.81. The Hall–Kier alpha value is -0.920. The number of amidine groups is 1. The minimum Gasteiger partial charge on any atom is -0.289 e. The molecular weight excluding hydrogens is 206 g/mol. The largest absolute Gasteiger partial charge is 0.289 e. The van der Waals surface area contributed by atoms with Crippen LogP contribution in [-0.4, -0.2) is 35.1 Å². The standard InChI is InChI=1S/C7H15N3O3S/c1-4-6(8)10(9)7(2,3)5-14(11,12)13/h4,8H,1,5,9H2,2-3H3,(H,11,12,13). The number of hydrogen-bond acceptors (Lipinski definition) is 4. The van der Waals surface area contributed by atoms with Crippen molar-refractivity contribution in [1.29, 1.82) is 5.41 Å². The molecule has 0 aliphatic carbocycles. The molecule has 14 heavy (non-hydrogen) atoms. The zero-order valence-electron chi connectivity index (χ0n) is 8.19. The number of nitrogens with zero attached hydrogens (tertiary/aromatic N) is 1. The third-order valence-corrected chi connectivity index (χ3v) is 2.71. The van der Waals surface area contributed by atoms with Crippen LogP contribution in [0.15, 0.2) is 12.7 Å². The molecule has 0 aromatic carbocycles. The SMILES string of the molecule is C=CC(=N)N(N)C(C)(C)CS(=O)(=O)O. The van der Waals surface area contributed by atoms with Crippen molar-refractivity contribution in [3.05, 3.63) is 12.7 Å². The third kappa shape index (κ3) is 3.86. The van der Waals surface area contributed by atoms with E-state index < -0.39 is 21.4 Å². The van der Waals surface area contributed by atoms with Crippen molar-refractivity contribution in [1.82, 2.24) is 5.01 Å². The van der Waals surface area contributed by atoms with Crippen molar-refractivity contribution in [2.24, 2.45) is 5.84 Å². The van der Waals surface area contributed by atoms with E-state index in [1.165, 1.54) is 19.9 Å². The molecule has 0 aromatic rings. The van der Waals surface area contributed by atoms with Gasteiger partial charge in [-0.2, -0.15) is 8.42 Å². The summed E-state index contributed by atoms with van der Waals surface area (Å²) in [6, 6.07) is 0. The molecule has 0 aliphatic heterocycles. The summed E-state index contributed by atoms with van der Waals surface area (Å²) in [4.78, 5) is 0. The fourth-order valence-corrected chi connectivity index (χ4v) is 1.97. The molecule has 0 heterocycles. The van der Waals surface area contributed by atoms with Crippen LogP contribution in [0.25, 0.3) is 0 Å². The fraction of sp³-hybridized carbons (Fsp3) is 0.571. The van der Waals surface area contributed by atoms with Crippen molar-refractivity contribution in [2.45, 2.75) is 19.4 Å². The lowest BCUT2D eigenvalue weighted by Gasteiger charge is -2.34. The molecule has 0 bridgehead atoms. The lowest BCUT2D eigenvalue weighted by molar-refractivity contribution is 0.241. The van der Waals surface area contributed by atoms with E-state index in [0.29, 0.717) is 0 Å². The number of nitrogens with two attached hydrogens (primary N) is 1. The van der Waals surface area contributed by atoms with Gasteiger partial charge in [-0.05, 0) is 19.9 Å². The summed E-state index contributed by atoms with van der Waals surface area (Å²) in [7, 11) is -4.12. The molecule has 4 N–H and O–H groups in total. The van der Waals surface area contributed by atoms with Crippen LogP contribution in [0.4, 0.5) is 0 Å². The molecule has 0 aliphatic rings. The maximum Gasteiger partial charge on any atom is 0.267 e. The fourth-order valence-electron chi connectivity index (χ4n) is 0.940. The van der Waals surface area contributed by atoms with Crippen molar-refractivity contribution in [2.75, 3.05) is 5.75 Å². The van der Waals surface area contributed by atoms with Crippen molar-refractivity contribution < 1.29 is 13.0 Å². The Morgan fingerprint density at radius 1 is 1.71 bits per heavy atom. The average Bonchev–Trinajstić information content (AvgIpc) is 1.97. The zero-order valence-corrected chi connectivity index (χ0v) is 9.00. The maximum atomic E-state index is 10.6. The Labute approximate surface area is 83.6 Å². The van der Waals surface area contributed by atoms with Gasteiger partial charge in [-0.25, -0.2) is 5.84 Å². The van der Waals surface area contributed by atoms with Crippen LogP contribution in [0.5, 0.6) is 0 Å². The molecule has 0 fully saturated rings. The minimum absolute atomic E-state index is 0.112. The molecule has 0 spiro atoms. The van der Waals surface area contributed by atoms with Gasteiger partial charge in [0.2, 0.25) is 0 Å². The first-order valence-electron chi connectivity index (χ1n) is 3.81. The van der Waals surface area contributed by atoms with E-state index in [2.05, 4.69) is 6.58 Å². The second kappa shape index (κ2) is 4.07. The summed E-state index contributed by atoms with van der Waals surface area (Å²) < 4.78 is 29.9. The van der Waals surface area contributed by atoms with Gasteiger partial charge in [-0.1, -0.05) is 6.58 Å². The lowest BCUT2D eigenvalue weighted by atomic mass is 10.1. The maximum absolute atomic E-state index is 10.6. The number of rotatable bonds is 4. The first kappa shape index (κ1) is 13.1. The summed E-state index contributed by atoms with van der Waals surface area (Å²) in [5.41, 5.74) is -1.06. The monoisotopic (exact) mass is 221 g/mol. The predicted molar refractivity (Wildman–Crippen MR) is 54.4 cm³/mol. The molecule has 0 atom stereocenters. The highest BCUT2D eigenvalue weighted by Crippen LogP contribution is 2.13. The van der Waals surface area contributed by atoms with Gasteiger partial charge >= 0.3 is 0 Å². The summed E-state index contributed by atoms with van der Waals surface area (Å²) in [5, 5.41) is 8.25. The first-order chi connectivity index (χ1) is 6.10. The first-order valence-corrected chi connectivity index (χ1v) is 5.42. The van der Waals surface area contributed by atoms with Gasteiger partial charge in [0.05, 0.1) is 11.3 Å². The van der Waals surface area contributed by atoms with Gasteiger partial charge in [0.1, 0.15) is 5.84 Å². The Bertz CT molecular complexity index is 334. The van der Waals surface area contributed by atoms with Crippen LogP contribution >= 0.6 is 0 Å². The zero-order chi connectivity index (χ0) is 11.6. The lowest BCUT2D eigenvalue weighted by Crippen LogP contribution is -2.55. The highest BCUT2D eigenvalue weighted by Gasteiger charge is 2.30. The second-order valence-electron chi connectivity index (χ2n) is 3.50. The van der Waals surface area contributed by atoms with Crippen LogP contribution in [0, 0.1) is 5.41 Å². The molecule has 0 radical (unpaired) electrons. The van der Waals surface area contributed by atoms with Gasteiger partial charge in [-0.3, -0.25) is 15.0 Å². The van der Waals surface area contributed by atoms with Gasteiger partial charge in [-0.15, -0.1) is 0 Å². The third-order valence-electron chi connectivity index (χ3n) is 1.64. The smallest absolute Gasteiger partial charge is 0.267 e.